The summed E-state index contributed by atoms with van der Waals surface area (Å²) in [5.41, 5.74) is 1.85. The molecule has 0 bridgehead atoms. The third-order valence-electron chi connectivity index (χ3n) is 6.79. The number of piperidine rings is 1. The molecule has 0 saturated carbocycles. The largest absolute Gasteiger partial charge is 0.488 e. The van der Waals surface area contributed by atoms with Crippen LogP contribution in [0.4, 0.5) is 4.39 Å². The van der Waals surface area contributed by atoms with E-state index in [1.54, 1.807) is 36.4 Å². The van der Waals surface area contributed by atoms with Crippen LogP contribution in [0.5, 0.6) is 5.75 Å². The molecular formula is C27H30FN3O5. The maximum Gasteiger partial charge on any atom is 0.255 e. The summed E-state index contributed by atoms with van der Waals surface area (Å²) in [5, 5.41) is 2.16. The molecule has 2 unspecified atom stereocenters. The van der Waals surface area contributed by atoms with Crippen LogP contribution in [0.1, 0.15) is 55.1 Å². The molecule has 5 rings (SSSR count). The molecule has 9 heteroatoms. The summed E-state index contributed by atoms with van der Waals surface area (Å²) in [4.78, 5) is 40.5. The molecule has 2 aromatic carbocycles. The van der Waals surface area contributed by atoms with Gasteiger partial charge < -0.3 is 14.4 Å². The molecule has 0 aliphatic carbocycles. The van der Waals surface area contributed by atoms with E-state index >= 15 is 4.39 Å². The van der Waals surface area contributed by atoms with E-state index in [0.717, 1.165) is 18.0 Å². The average molecular weight is 497 g/mol. The molecule has 3 aliphatic rings. The Labute approximate surface area is 210 Å². The smallest absolute Gasteiger partial charge is 0.255 e. The molecule has 0 radical (unpaired) electrons. The SMILES string of the molecule is [2H][C@]1(N2Cc3c(OCc4cccc(CN5CC(C)OC(C)C5)c4F)cccc3C2=O)CCC(=O)NC1=O. The van der Waals surface area contributed by atoms with Crippen molar-refractivity contribution in [1.29, 1.82) is 0 Å². The summed E-state index contributed by atoms with van der Waals surface area (Å²) in [6.07, 6.45) is 0.0794. The predicted molar refractivity (Wildman–Crippen MR) is 129 cm³/mol. The third kappa shape index (κ3) is 4.85. The summed E-state index contributed by atoms with van der Waals surface area (Å²) >= 11 is 0. The molecule has 3 aliphatic heterocycles. The number of nitrogens with zero attached hydrogens (tertiary/aromatic N) is 2. The van der Waals surface area contributed by atoms with Crippen LogP contribution in [0, 0.1) is 5.82 Å². The zero-order valence-electron chi connectivity index (χ0n) is 21.4. The summed E-state index contributed by atoms with van der Waals surface area (Å²) in [6, 6.07) is 8.33. The molecule has 190 valence electrons. The Balaban J connectivity index is 1.31. The van der Waals surface area contributed by atoms with Crippen molar-refractivity contribution in [2.24, 2.45) is 0 Å². The van der Waals surface area contributed by atoms with Gasteiger partial charge in [-0.2, -0.15) is 0 Å². The van der Waals surface area contributed by atoms with E-state index in [-0.39, 0.29) is 44.0 Å². The van der Waals surface area contributed by atoms with E-state index < -0.39 is 23.7 Å². The van der Waals surface area contributed by atoms with Crippen LogP contribution in [0.3, 0.4) is 0 Å². The molecule has 2 aromatic rings. The monoisotopic (exact) mass is 496 g/mol. The van der Waals surface area contributed by atoms with Crippen molar-refractivity contribution >= 4 is 17.7 Å². The van der Waals surface area contributed by atoms with Crippen LogP contribution >= 0.6 is 0 Å². The number of hydrogen-bond acceptors (Lipinski definition) is 6. The molecule has 0 aromatic heterocycles. The van der Waals surface area contributed by atoms with Gasteiger partial charge in [0.05, 0.1) is 20.1 Å². The van der Waals surface area contributed by atoms with E-state index in [2.05, 4.69) is 10.2 Å². The number of nitrogens with one attached hydrogen (secondary N) is 1. The van der Waals surface area contributed by atoms with Gasteiger partial charge in [-0.25, -0.2) is 4.39 Å². The predicted octanol–water partition coefficient (Wildman–Crippen LogP) is 2.77. The molecule has 1 N–H and O–H groups in total. The quantitative estimate of drug-likeness (QED) is 0.619. The Morgan fingerprint density at radius 1 is 1.11 bits per heavy atom. The van der Waals surface area contributed by atoms with Gasteiger partial charge >= 0.3 is 0 Å². The van der Waals surface area contributed by atoms with Gasteiger partial charge in [0.1, 0.15) is 24.2 Å². The zero-order chi connectivity index (χ0) is 26.3. The molecule has 36 heavy (non-hydrogen) atoms. The van der Waals surface area contributed by atoms with Gasteiger partial charge in [0.25, 0.3) is 5.91 Å². The summed E-state index contributed by atoms with van der Waals surface area (Å²) in [7, 11) is 0. The van der Waals surface area contributed by atoms with Crippen LogP contribution in [0.15, 0.2) is 36.4 Å². The number of fused-ring (bicyclic) bond motifs is 1. The molecule has 0 spiro atoms. The van der Waals surface area contributed by atoms with Crippen LogP contribution in [0.2, 0.25) is 0 Å². The van der Waals surface area contributed by atoms with E-state index in [0.29, 0.717) is 34.5 Å². The Bertz CT molecular complexity index is 1250. The number of imide groups is 1. The first-order chi connectivity index (χ1) is 17.7. The number of morpholine rings is 1. The lowest BCUT2D eigenvalue weighted by atomic mass is 10.0. The number of ether oxygens (including phenoxy) is 2. The van der Waals surface area contributed by atoms with Crippen molar-refractivity contribution in [1.82, 2.24) is 15.1 Å². The van der Waals surface area contributed by atoms with E-state index in [1.807, 2.05) is 13.8 Å². The first kappa shape index (κ1) is 23.1. The summed E-state index contributed by atoms with van der Waals surface area (Å²) in [6.45, 7) is 5.90. The Hall–Kier alpha value is -3.30. The topological polar surface area (TPSA) is 88.2 Å². The minimum Gasteiger partial charge on any atom is -0.488 e. The van der Waals surface area contributed by atoms with Gasteiger partial charge in [-0.3, -0.25) is 24.6 Å². The number of carbonyl (C=O) groups excluding carboxylic acids is 3. The maximum absolute atomic E-state index is 15.4. The van der Waals surface area contributed by atoms with Crippen molar-refractivity contribution in [3.63, 3.8) is 0 Å². The van der Waals surface area contributed by atoms with Crippen molar-refractivity contribution in [3.8, 4) is 5.75 Å². The van der Waals surface area contributed by atoms with Crippen LogP contribution in [-0.2, 0) is 34.0 Å². The lowest BCUT2D eigenvalue weighted by Gasteiger charge is -2.35. The molecule has 2 fully saturated rings. The van der Waals surface area contributed by atoms with Gasteiger partial charge in [-0.1, -0.05) is 24.3 Å². The number of halogens is 1. The van der Waals surface area contributed by atoms with Gasteiger partial charge in [0.15, 0.2) is 0 Å². The lowest BCUT2D eigenvalue weighted by Crippen LogP contribution is -2.52. The second-order valence-corrected chi connectivity index (χ2v) is 9.63. The fourth-order valence-electron chi connectivity index (χ4n) is 5.20. The zero-order valence-corrected chi connectivity index (χ0v) is 20.4. The van der Waals surface area contributed by atoms with Crippen LogP contribution in [0.25, 0.3) is 0 Å². The van der Waals surface area contributed by atoms with Crippen molar-refractivity contribution in [3.05, 3.63) is 64.5 Å². The number of hydrogen-bond donors (Lipinski definition) is 1. The minimum absolute atomic E-state index is 0.00856. The van der Waals surface area contributed by atoms with Crippen molar-refractivity contribution in [2.45, 2.75) is 64.6 Å². The Morgan fingerprint density at radius 3 is 2.58 bits per heavy atom. The van der Waals surface area contributed by atoms with E-state index in [4.69, 9.17) is 10.8 Å². The normalized spacial score (nSPS) is 27.0. The fraction of sp³-hybridized carbons (Fsp3) is 0.444. The van der Waals surface area contributed by atoms with Crippen molar-refractivity contribution < 1.29 is 29.6 Å². The first-order valence-electron chi connectivity index (χ1n) is 12.7. The highest BCUT2D eigenvalue weighted by atomic mass is 19.1. The standard InChI is InChI=1S/C27H30FN3O5/c1-16-11-30(12-17(2)36-16)13-18-5-3-6-19(25(18)28)15-35-23-8-4-7-20-21(23)14-31(27(20)34)22-9-10-24(32)29-26(22)33/h3-8,16-17,22H,9-15H2,1-2H3,(H,29,32,33)/t16?,17?,22-/m0/s1/i22D. The molecule has 3 heterocycles. The van der Waals surface area contributed by atoms with Crippen molar-refractivity contribution in [2.75, 3.05) is 13.1 Å². The molecule has 2 saturated heterocycles. The highest BCUT2D eigenvalue weighted by Gasteiger charge is 2.40. The van der Waals surface area contributed by atoms with Gasteiger partial charge in [0.2, 0.25) is 11.8 Å². The third-order valence-corrected chi connectivity index (χ3v) is 6.79. The van der Waals surface area contributed by atoms with Crippen LogP contribution in [-0.4, -0.2) is 58.8 Å². The maximum atomic E-state index is 15.4. The second-order valence-electron chi connectivity index (χ2n) is 9.63. The Morgan fingerprint density at radius 2 is 1.83 bits per heavy atom. The lowest BCUT2D eigenvalue weighted by molar-refractivity contribution is -0.136. The minimum atomic E-state index is -1.88. The average Bonchev–Trinajstić information content (AvgIpc) is 3.19. The summed E-state index contributed by atoms with van der Waals surface area (Å²) < 4.78 is 35.8. The van der Waals surface area contributed by atoms with Gasteiger partial charge in [0, 0.05) is 48.3 Å². The number of amides is 3. The summed E-state index contributed by atoms with van der Waals surface area (Å²) in [5.74, 6) is -1.67. The highest BCUT2D eigenvalue weighted by molar-refractivity contribution is 6.05. The molecular weight excluding hydrogens is 465 g/mol. The number of benzene rings is 2. The van der Waals surface area contributed by atoms with Gasteiger partial charge in [-0.15, -0.1) is 0 Å². The van der Waals surface area contributed by atoms with Gasteiger partial charge in [-0.05, 0) is 32.4 Å². The van der Waals surface area contributed by atoms with E-state index in [9.17, 15) is 14.4 Å². The van der Waals surface area contributed by atoms with Crippen LogP contribution < -0.4 is 10.1 Å². The number of carbonyl (C=O) groups is 3. The van der Waals surface area contributed by atoms with E-state index in [1.165, 1.54) is 0 Å². The first-order valence-corrected chi connectivity index (χ1v) is 12.2. The molecule has 3 atom stereocenters. The molecule has 8 nitrogen and oxygen atoms in total. The molecule has 3 amide bonds. The fourth-order valence-corrected chi connectivity index (χ4v) is 5.20. The Kier molecular flexibility index (Phi) is 6.41. The second kappa shape index (κ2) is 9.99. The highest BCUT2D eigenvalue weighted by Crippen LogP contribution is 2.34. The number of rotatable bonds is 6.